The van der Waals surface area contributed by atoms with Crippen molar-refractivity contribution in [1.29, 1.82) is 0 Å². The summed E-state index contributed by atoms with van der Waals surface area (Å²) in [5.41, 5.74) is 3.13. The van der Waals surface area contributed by atoms with Gasteiger partial charge in [0.05, 0.1) is 12.8 Å². The number of aromatic nitrogens is 4. The molecule has 0 radical (unpaired) electrons. The second kappa shape index (κ2) is 8.75. The number of benzene rings is 2. The lowest BCUT2D eigenvalue weighted by Gasteiger charge is -2.09. The molecule has 8 heteroatoms. The molecular weight excluding hydrogens is 402 g/mol. The topological polar surface area (TPSA) is 81.9 Å². The smallest absolute Gasteiger partial charge is 0.274 e. The molecule has 4 aromatic rings. The zero-order chi connectivity index (χ0) is 20.9. The molecule has 4 rings (SSSR count). The van der Waals surface area contributed by atoms with Crippen LogP contribution in [0.4, 0.5) is 0 Å². The molecule has 1 N–H and O–H groups in total. The highest BCUT2D eigenvalue weighted by Gasteiger charge is 2.22. The molecule has 0 spiro atoms. The fourth-order valence-corrected chi connectivity index (χ4v) is 3.13. The zero-order valence-electron chi connectivity index (χ0n) is 16.1. The summed E-state index contributed by atoms with van der Waals surface area (Å²) >= 11 is 6.00. The molecular formula is C22H18ClN5O2. The number of carbonyl (C=O) groups excluding carboxylic acids is 1. The van der Waals surface area contributed by atoms with Crippen molar-refractivity contribution < 1.29 is 9.53 Å². The maximum absolute atomic E-state index is 13.0. The van der Waals surface area contributed by atoms with E-state index in [1.54, 1.807) is 42.4 Å². The van der Waals surface area contributed by atoms with E-state index in [9.17, 15) is 4.79 Å². The predicted octanol–water partition coefficient (Wildman–Crippen LogP) is 3.92. The summed E-state index contributed by atoms with van der Waals surface area (Å²) in [4.78, 5) is 17.1. The average molecular weight is 420 g/mol. The Kier molecular flexibility index (Phi) is 5.72. The lowest BCUT2D eigenvalue weighted by molar-refractivity contribution is 0.0946. The zero-order valence-corrected chi connectivity index (χ0v) is 16.9. The number of rotatable bonds is 6. The normalized spacial score (nSPS) is 10.6. The van der Waals surface area contributed by atoms with Gasteiger partial charge in [-0.3, -0.25) is 9.78 Å². The quantitative estimate of drug-likeness (QED) is 0.512. The summed E-state index contributed by atoms with van der Waals surface area (Å²) in [5, 5.41) is 11.9. The van der Waals surface area contributed by atoms with E-state index < -0.39 is 0 Å². The van der Waals surface area contributed by atoms with Crippen molar-refractivity contribution >= 4 is 17.5 Å². The Morgan fingerprint density at radius 3 is 2.70 bits per heavy atom. The number of hydrogen-bond donors (Lipinski definition) is 1. The number of amides is 1. The van der Waals surface area contributed by atoms with E-state index in [2.05, 4.69) is 20.6 Å². The van der Waals surface area contributed by atoms with E-state index >= 15 is 0 Å². The number of ether oxygens (including phenoxy) is 1. The number of hydrogen-bond acceptors (Lipinski definition) is 5. The van der Waals surface area contributed by atoms with E-state index in [4.69, 9.17) is 16.3 Å². The maximum Gasteiger partial charge on any atom is 0.274 e. The van der Waals surface area contributed by atoms with Gasteiger partial charge in [-0.25, -0.2) is 4.68 Å². The van der Waals surface area contributed by atoms with Crippen LogP contribution in [0.25, 0.3) is 16.9 Å². The number of pyridine rings is 1. The molecule has 0 saturated carbocycles. The van der Waals surface area contributed by atoms with Gasteiger partial charge in [0, 0.05) is 29.5 Å². The minimum atomic E-state index is -0.336. The van der Waals surface area contributed by atoms with Crippen LogP contribution >= 0.6 is 11.6 Å². The number of nitrogens with one attached hydrogen (secondary N) is 1. The summed E-state index contributed by atoms with van der Waals surface area (Å²) < 4.78 is 6.83. The van der Waals surface area contributed by atoms with Crippen LogP contribution in [0.15, 0.2) is 73.1 Å². The van der Waals surface area contributed by atoms with Crippen molar-refractivity contribution in [3.05, 3.63) is 89.3 Å². The van der Waals surface area contributed by atoms with Crippen LogP contribution < -0.4 is 10.1 Å². The number of halogens is 1. The van der Waals surface area contributed by atoms with Gasteiger partial charge in [-0.1, -0.05) is 28.9 Å². The van der Waals surface area contributed by atoms with Gasteiger partial charge in [-0.15, -0.1) is 5.10 Å². The van der Waals surface area contributed by atoms with Crippen LogP contribution in [0.5, 0.6) is 5.75 Å². The Balaban J connectivity index is 1.67. The molecule has 0 atom stereocenters. The van der Waals surface area contributed by atoms with Crippen LogP contribution in [0.1, 0.15) is 16.1 Å². The first-order valence-electron chi connectivity index (χ1n) is 9.19. The molecule has 0 fully saturated rings. The van der Waals surface area contributed by atoms with Crippen molar-refractivity contribution in [2.75, 3.05) is 7.11 Å². The molecule has 1 amide bonds. The van der Waals surface area contributed by atoms with Gasteiger partial charge in [0.15, 0.2) is 5.69 Å². The second-order valence-electron chi connectivity index (χ2n) is 6.45. The number of carbonyl (C=O) groups is 1. The lowest BCUT2D eigenvalue weighted by atomic mass is 10.1. The van der Waals surface area contributed by atoms with Crippen LogP contribution in [0, 0.1) is 0 Å². The Morgan fingerprint density at radius 1 is 1.13 bits per heavy atom. The van der Waals surface area contributed by atoms with Gasteiger partial charge in [0.2, 0.25) is 0 Å². The predicted molar refractivity (Wildman–Crippen MR) is 114 cm³/mol. The largest absolute Gasteiger partial charge is 0.497 e. The Labute approximate surface area is 178 Å². The summed E-state index contributed by atoms with van der Waals surface area (Å²) in [6.45, 7) is 0.330. The highest BCUT2D eigenvalue weighted by Crippen LogP contribution is 2.25. The van der Waals surface area contributed by atoms with Gasteiger partial charge in [-0.05, 0) is 54.1 Å². The maximum atomic E-state index is 13.0. The molecule has 2 aromatic carbocycles. The van der Waals surface area contributed by atoms with Crippen molar-refractivity contribution in [3.63, 3.8) is 0 Å². The van der Waals surface area contributed by atoms with Crippen LogP contribution in [-0.4, -0.2) is 33.0 Å². The summed E-state index contributed by atoms with van der Waals surface area (Å²) in [5.74, 6) is 0.392. The molecule has 0 aliphatic heterocycles. The van der Waals surface area contributed by atoms with Crippen LogP contribution in [0.3, 0.4) is 0 Å². The number of methoxy groups -OCH3 is 1. The van der Waals surface area contributed by atoms with Gasteiger partial charge in [-0.2, -0.15) is 0 Å². The van der Waals surface area contributed by atoms with Crippen molar-refractivity contribution in [2.45, 2.75) is 6.54 Å². The molecule has 2 aromatic heterocycles. The van der Waals surface area contributed by atoms with E-state index in [-0.39, 0.29) is 11.6 Å². The molecule has 2 heterocycles. The average Bonchev–Trinajstić information content (AvgIpc) is 3.24. The third-order valence-electron chi connectivity index (χ3n) is 4.48. The summed E-state index contributed by atoms with van der Waals surface area (Å²) in [7, 11) is 1.60. The van der Waals surface area contributed by atoms with E-state index in [0.717, 1.165) is 22.6 Å². The molecule has 150 valence electrons. The van der Waals surface area contributed by atoms with E-state index in [1.807, 2.05) is 42.5 Å². The SMILES string of the molecule is COc1cccc(CNC(=O)c2nnn(-c3ccc(Cl)cc3)c2-c2cccnc2)c1. The first-order chi connectivity index (χ1) is 14.7. The Morgan fingerprint density at radius 2 is 1.97 bits per heavy atom. The second-order valence-corrected chi connectivity index (χ2v) is 6.89. The van der Waals surface area contributed by atoms with Gasteiger partial charge in [0.25, 0.3) is 5.91 Å². The van der Waals surface area contributed by atoms with Gasteiger partial charge in [0.1, 0.15) is 11.4 Å². The Hall–Kier alpha value is -3.71. The molecule has 7 nitrogen and oxygen atoms in total. The third kappa shape index (κ3) is 4.16. The van der Waals surface area contributed by atoms with Crippen LogP contribution in [-0.2, 0) is 6.54 Å². The van der Waals surface area contributed by atoms with E-state index in [1.165, 1.54) is 0 Å². The highest BCUT2D eigenvalue weighted by molar-refractivity contribution is 6.30. The minimum Gasteiger partial charge on any atom is -0.497 e. The van der Waals surface area contributed by atoms with Crippen LogP contribution in [0.2, 0.25) is 5.02 Å². The third-order valence-corrected chi connectivity index (χ3v) is 4.73. The van der Waals surface area contributed by atoms with Crippen molar-refractivity contribution in [2.24, 2.45) is 0 Å². The fourth-order valence-electron chi connectivity index (χ4n) is 3.01. The molecule has 0 bridgehead atoms. The van der Waals surface area contributed by atoms with Crippen molar-refractivity contribution in [1.82, 2.24) is 25.3 Å². The number of nitrogens with zero attached hydrogens (tertiary/aromatic N) is 4. The molecule has 0 saturated heterocycles. The first kappa shape index (κ1) is 19.6. The monoisotopic (exact) mass is 419 g/mol. The highest BCUT2D eigenvalue weighted by atomic mass is 35.5. The molecule has 0 aliphatic carbocycles. The van der Waals surface area contributed by atoms with Crippen molar-refractivity contribution in [3.8, 4) is 22.7 Å². The lowest BCUT2D eigenvalue weighted by Crippen LogP contribution is -2.24. The minimum absolute atomic E-state index is 0.209. The van der Waals surface area contributed by atoms with E-state index in [0.29, 0.717) is 17.3 Å². The standard InChI is InChI=1S/C22H18ClN5O2/c1-30-19-6-2-4-15(12-19)13-25-22(29)20-21(16-5-3-11-24-14-16)28(27-26-20)18-9-7-17(23)8-10-18/h2-12,14H,13H2,1H3,(H,25,29). The molecule has 30 heavy (non-hydrogen) atoms. The summed E-state index contributed by atoms with van der Waals surface area (Å²) in [6, 6.07) is 18.3. The fraction of sp³-hybridized carbons (Fsp3) is 0.0909. The first-order valence-corrected chi connectivity index (χ1v) is 9.56. The molecule has 0 aliphatic rings. The molecule has 0 unspecified atom stereocenters. The van der Waals surface area contributed by atoms with Gasteiger partial charge >= 0.3 is 0 Å². The summed E-state index contributed by atoms with van der Waals surface area (Å²) in [6.07, 6.45) is 3.34. The van der Waals surface area contributed by atoms with Gasteiger partial charge < -0.3 is 10.1 Å². The Bertz CT molecular complexity index is 1160.